The van der Waals surface area contributed by atoms with Gasteiger partial charge in [0.05, 0.1) is 6.42 Å². The number of nitrogens with one attached hydrogen (secondary N) is 1. The summed E-state index contributed by atoms with van der Waals surface area (Å²) in [6.07, 6.45) is 14.3. The van der Waals surface area contributed by atoms with E-state index in [0.717, 1.165) is 25.8 Å². The number of hydroxylamine groups is 2. The van der Waals surface area contributed by atoms with Gasteiger partial charge in [0.25, 0.3) is 11.8 Å². The SMILES string of the molecule is CC1(C)C(=CC=CC=CC2=[N+](CCCCCC(=O)ON3C(=O)CCC3=O)c3ccc4ccccc4c3C2)Nc2ccc3ccccc3c21. The molecule has 0 spiro atoms. The first-order chi connectivity index (χ1) is 23.3. The molecule has 0 aliphatic carbocycles. The molecule has 0 saturated carbocycles. The van der Waals surface area contributed by atoms with Gasteiger partial charge in [0, 0.05) is 60.2 Å². The monoisotopic (exact) mass is 638 g/mol. The van der Waals surface area contributed by atoms with Crippen LogP contribution in [-0.4, -0.2) is 39.7 Å². The number of nitrogens with zero attached hydrogens (tertiary/aromatic N) is 2. The number of anilines is 1. The van der Waals surface area contributed by atoms with E-state index in [1.165, 1.54) is 55.5 Å². The van der Waals surface area contributed by atoms with Gasteiger partial charge in [-0.3, -0.25) is 9.59 Å². The van der Waals surface area contributed by atoms with Crippen LogP contribution in [-0.2, 0) is 31.1 Å². The molecule has 4 aromatic rings. The van der Waals surface area contributed by atoms with Crippen LogP contribution in [0.25, 0.3) is 21.5 Å². The van der Waals surface area contributed by atoms with Crippen molar-refractivity contribution in [1.29, 1.82) is 0 Å². The molecule has 0 radical (unpaired) electrons. The maximum absolute atomic E-state index is 12.2. The first-order valence-electron chi connectivity index (χ1n) is 16.9. The highest BCUT2D eigenvalue weighted by Crippen LogP contribution is 2.46. The van der Waals surface area contributed by atoms with Gasteiger partial charge in [-0.25, -0.2) is 4.79 Å². The molecule has 7 heteroatoms. The van der Waals surface area contributed by atoms with Crippen LogP contribution in [0.1, 0.15) is 63.5 Å². The molecule has 0 atom stereocenters. The molecule has 3 heterocycles. The summed E-state index contributed by atoms with van der Waals surface area (Å²) >= 11 is 0. The van der Waals surface area contributed by atoms with Gasteiger partial charge in [-0.2, -0.15) is 4.58 Å². The lowest BCUT2D eigenvalue weighted by molar-refractivity contribution is -0.437. The van der Waals surface area contributed by atoms with Gasteiger partial charge in [-0.1, -0.05) is 86.7 Å². The molecule has 4 aromatic carbocycles. The van der Waals surface area contributed by atoms with Gasteiger partial charge < -0.3 is 10.2 Å². The second kappa shape index (κ2) is 13.1. The zero-order valence-electron chi connectivity index (χ0n) is 27.5. The van der Waals surface area contributed by atoms with E-state index in [4.69, 9.17) is 4.84 Å². The normalized spacial score (nSPS) is 17.8. The molecule has 0 bridgehead atoms. The van der Waals surface area contributed by atoms with Crippen molar-refractivity contribution < 1.29 is 23.8 Å². The van der Waals surface area contributed by atoms with E-state index in [-0.39, 0.29) is 24.7 Å². The van der Waals surface area contributed by atoms with Gasteiger partial charge in [0.2, 0.25) is 5.69 Å². The van der Waals surface area contributed by atoms with Crippen molar-refractivity contribution >= 4 is 56.4 Å². The summed E-state index contributed by atoms with van der Waals surface area (Å²) in [5.41, 5.74) is 7.36. The second-order valence-electron chi connectivity index (χ2n) is 13.2. The molecule has 1 fully saturated rings. The molecular weight excluding hydrogens is 598 g/mol. The molecule has 7 rings (SSSR count). The minimum atomic E-state index is -0.540. The maximum atomic E-state index is 12.2. The Hall–Kier alpha value is -5.30. The molecule has 242 valence electrons. The number of benzene rings is 4. The number of allylic oxidation sites excluding steroid dienone is 6. The van der Waals surface area contributed by atoms with Gasteiger partial charge in [-0.15, -0.1) is 5.06 Å². The Morgan fingerprint density at radius 1 is 0.854 bits per heavy atom. The standard InChI is InChI=1S/C41H39N3O4/c1-41(2)36(42-34-22-20-29-14-9-11-17-32(29)40(34)41)18-6-3-5-15-30-27-33-31-16-10-8-13-28(31)21-23-35(33)43(30)26-12-4-7-19-39(47)48-44-37(45)24-25-38(44)46/h3,5-6,8-11,13-18,20-23H,4,7,12,19,24-27H2,1-2H3/p+1. The Bertz CT molecular complexity index is 2070. The average Bonchev–Trinajstić information content (AvgIpc) is 3.70. The number of amides is 2. The summed E-state index contributed by atoms with van der Waals surface area (Å²) in [5, 5.41) is 9.34. The fourth-order valence-electron chi connectivity index (χ4n) is 7.25. The molecule has 0 aromatic heterocycles. The topological polar surface area (TPSA) is 78.7 Å². The quantitative estimate of drug-likeness (QED) is 0.0820. The molecular formula is C41H40N3O4+. The zero-order chi connectivity index (χ0) is 33.3. The second-order valence-corrected chi connectivity index (χ2v) is 13.2. The number of unbranched alkanes of at least 4 members (excludes halogenated alkanes) is 2. The Morgan fingerprint density at radius 3 is 2.35 bits per heavy atom. The highest BCUT2D eigenvalue weighted by Gasteiger charge is 2.36. The van der Waals surface area contributed by atoms with E-state index in [1.807, 2.05) is 0 Å². The van der Waals surface area contributed by atoms with E-state index < -0.39 is 17.8 Å². The van der Waals surface area contributed by atoms with Crippen LogP contribution in [0, 0.1) is 0 Å². The Labute approximate surface area is 280 Å². The Kier molecular flexibility index (Phi) is 8.52. The lowest BCUT2D eigenvalue weighted by atomic mass is 9.81. The van der Waals surface area contributed by atoms with Gasteiger partial charge >= 0.3 is 5.97 Å². The highest BCUT2D eigenvalue weighted by atomic mass is 16.7. The summed E-state index contributed by atoms with van der Waals surface area (Å²) in [5.74, 6) is -1.44. The van der Waals surface area contributed by atoms with E-state index in [2.05, 4.69) is 127 Å². The zero-order valence-corrected chi connectivity index (χ0v) is 27.5. The predicted octanol–water partition coefficient (Wildman–Crippen LogP) is 8.20. The largest absolute Gasteiger partial charge is 0.358 e. The molecule has 2 amide bonds. The Morgan fingerprint density at radius 2 is 1.56 bits per heavy atom. The number of fused-ring (bicyclic) bond motifs is 6. The predicted molar refractivity (Wildman–Crippen MR) is 190 cm³/mol. The van der Waals surface area contributed by atoms with Crippen molar-refractivity contribution in [3.8, 4) is 0 Å². The summed E-state index contributed by atoms with van der Waals surface area (Å²) in [6.45, 7) is 5.38. The summed E-state index contributed by atoms with van der Waals surface area (Å²) in [6, 6.07) is 25.9. The number of rotatable bonds is 10. The third kappa shape index (κ3) is 5.97. The van der Waals surface area contributed by atoms with Crippen LogP contribution >= 0.6 is 0 Å². The van der Waals surface area contributed by atoms with E-state index in [1.54, 1.807) is 0 Å². The van der Waals surface area contributed by atoms with Crippen LogP contribution in [0.3, 0.4) is 0 Å². The summed E-state index contributed by atoms with van der Waals surface area (Å²) in [7, 11) is 0. The van der Waals surface area contributed by atoms with Gasteiger partial charge in [-0.05, 0) is 58.2 Å². The molecule has 48 heavy (non-hydrogen) atoms. The average molecular weight is 639 g/mol. The van der Waals surface area contributed by atoms with Crippen molar-refractivity contribution in [3.63, 3.8) is 0 Å². The van der Waals surface area contributed by atoms with Crippen molar-refractivity contribution in [2.24, 2.45) is 0 Å². The lowest BCUT2D eigenvalue weighted by Crippen LogP contribution is -2.31. The molecule has 1 saturated heterocycles. The minimum Gasteiger partial charge on any atom is -0.358 e. The fraction of sp³-hybridized carbons (Fsp3) is 0.268. The molecule has 3 aliphatic heterocycles. The van der Waals surface area contributed by atoms with Crippen molar-refractivity contribution in [2.45, 2.75) is 64.2 Å². The fourth-order valence-corrected chi connectivity index (χ4v) is 7.25. The molecule has 1 N–H and O–H groups in total. The van der Waals surface area contributed by atoms with Gasteiger partial charge in [0.1, 0.15) is 6.54 Å². The summed E-state index contributed by atoms with van der Waals surface area (Å²) < 4.78 is 2.40. The lowest BCUT2D eigenvalue weighted by Gasteiger charge is -2.21. The van der Waals surface area contributed by atoms with Crippen molar-refractivity contribution in [3.05, 3.63) is 120 Å². The van der Waals surface area contributed by atoms with E-state index >= 15 is 0 Å². The molecule has 3 aliphatic rings. The molecule has 0 unspecified atom stereocenters. The van der Waals surface area contributed by atoms with Crippen LogP contribution < -0.4 is 5.32 Å². The minimum absolute atomic E-state index is 0.0985. The van der Waals surface area contributed by atoms with E-state index in [0.29, 0.717) is 11.5 Å². The first-order valence-corrected chi connectivity index (χ1v) is 16.9. The van der Waals surface area contributed by atoms with E-state index in [9.17, 15) is 14.4 Å². The number of imide groups is 1. The third-order valence-corrected chi connectivity index (χ3v) is 9.74. The molecule has 7 nitrogen and oxygen atoms in total. The first kappa shape index (κ1) is 31.3. The highest BCUT2D eigenvalue weighted by molar-refractivity contribution is 6.02. The maximum Gasteiger partial charge on any atom is 0.333 e. The Balaban J connectivity index is 1.03. The number of carbonyl (C=O) groups excluding carboxylic acids is 3. The smallest absolute Gasteiger partial charge is 0.333 e. The van der Waals surface area contributed by atoms with Crippen LogP contribution in [0.5, 0.6) is 0 Å². The number of carbonyl (C=O) groups is 3. The third-order valence-electron chi connectivity index (χ3n) is 9.74. The van der Waals surface area contributed by atoms with Crippen LogP contribution in [0.4, 0.5) is 11.4 Å². The van der Waals surface area contributed by atoms with Crippen molar-refractivity contribution in [2.75, 3.05) is 11.9 Å². The van der Waals surface area contributed by atoms with Crippen LogP contribution in [0.15, 0.2) is 109 Å². The van der Waals surface area contributed by atoms with Gasteiger partial charge in [0.15, 0.2) is 5.71 Å². The number of hydrogen-bond donors (Lipinski definition) is 1. The number of hydrogen-bond acceptors (Lipinski definition) is 5. The van der Waals surface area contributed by atoms with Crippen molar-refractivity contribution in [1.82, 2.24) is 5.06 Å². The summed E-state index contributed by atoms with van der Waals surface area (Å²) in [4.78, 5) is 40.7. The van der Waals surface area contributed by atoms with Crippen LogP contribution in [0.2, 0.25) is 0 Å².